The van der Waals surface area contributed by atoms with Gasteiger partial charge in [-0.1, -0.05) is 41.9 Å². The molecule has 1 heterocycles. The third kappa shape index (κ3) is 4.86. The number of amides is 1. The van der Waals surface area contributed by atoms with Crippen LogP contribution in [0.4, 0.5) is 5.69 Å². The summed E-state index contributed by atoms with van der Waals surface area (Å²) in [5.74, 6) is 0.413. The van der Waals surface area contributed by atoms with E-state index in [1.807, 2.05) is 11.0 Å². The Labute approximate surface area is 172 Å². The molecule has 3 rings (SSSR count). The predicted molar refractivity (Wildman–Crippen MR) is 113 cm³/mol. The van der Waals surface area contributed by atoms with Gasteiger partial charge in [-0.05, 0) is 48.9 Å². The highest BCUT2D eigenvalue weighted by atomic mass is 35.5. The van der Waals surface area contributed by atoms with Crippen LogP contribution in [-0.4, -0.2) is 45.6 Å². The molecular weight excluding hydrogens is 396 g/mol. The van der Waals surface area contributed by atoms with Gasteiger partial charge in [-0.2, -0.15) is 0 Å². The van der Waals surface area contributed by atoms with Crippen molar-refractivity contribution in [3.8, 4) is 0 Å². The van der Waals surface area contributed by atoms with Gasteiger partial charge in [-0.15, -0.1) is 0 Å². The molecule has 150 valence electrons. The highest BCUT2D eigenvalue weighted by Gasteiger charge is 2.26. The first-order valence-electron chi connectivity index (χ1n) is 9.32. The molecule has 28 heavy (non-hydrogen) atoms. The molecule has 0 unspecified atom stereocenters. The van der Waals surface area contributed by atoms with E-state index in [-0.39, 0.29) is 5.91 Å². The lowest BCUT2D eigenvalue weighted by Crippen LogP contribution is -2.39. The van der Waals surface area contributed by atoms with E-state index in [1.54, 1.807) is 18.2 Å². The van der Waals surface area contributed by atoms with Crippen molar-refractivity contribution in [3.05, 3.63) is 64.7 Å². The Morgan fingerprint density at radius 2 is 1.79 bits per heavy atom. The maximum atomic E-state index is 13.0. The van der Waals surface area contributed by atoms with Crippen LogP contribution in [0.2, 0.25) is 5.02 Å². The summed E-state index contributed by atoms with van der Waals surface area (Å²) >= 11 is 6.25. The fourth-order valence-electron chi connectivity index (χ4n) is 3.52. The topological polar surface area (TPSA) is 57.7 Å². The van der Waals surface area contributed by atoms with Crippen molar-refractivity contribution in [2.24, 2.45) is 5.92 Å². The molecule has 5 nitrogen and oxygen atoms in total. The van der Waals surface area contributed by atoms with Gasteiger partial charge in [0.15, 0.2) is 0 Å². The minimum Gasteiger partial charge on any atom is -0.339 e. The number of hydrogen-bond donors (Lipinski definition) is 0. The number of nitrogens with zero attached hydrogens (tertiary/aromatic N) is 2. The molecule has 1 fully saturated rings. The van der Waals surface area contributed by atoms with Crippen LogP contribution < -0.4 is 4.31 Å². The number of piperidine rings is 1. The van der Waals surface area contributed by atoms with Crippen LogP contribution in [0, 0.1) is 5.92 Å². The zero-order chi connectivity index (χ0) is 20.3. The Balaban J connectivity index is 1.68. The van der Waals surface area contributed by atoms with Crippen LogP contribution in [0.15, 0.2) is 48.5 Å². The molecule has 0 saturated carbocycles. The minimum atomic E-state index is -3.41. The molecule has 0 atom stereocenters. The number of sulfonamides is 1. The standard InChI is InChI=1S/C21H25ClN2O3S/c1-23(28(2,26)27)18-8-9-20(22)19(15-18)21(25)24-12-10-17(11-13-24)14-16-6-4-3-5-7-16/h3-9,15,17H,10-14H2,1-2H3. The Morgan fingerprint density at radius 3 is 2.39 bits per heavy atom. The number of hydrogen-bond acceptors (Lipinski definition) is 3. The number of halogens is 1. The second-order valence-corrected chi connectivity index (χ2v) is 9.74. The van der Waals surface area contributed by atoms with Crippen molar-refractivity contribution >= 4 is 33.2 Å². The van der Waals surface area contributed by atoms with E-state index in [4.69, 9.17) is 11.6 Å². The summed E-state index contributed by atoms with van der Waals surface area (Å²) in [5.41, 5.74) is 2.09. The summed E-state index contributed by atoms with van der Waals surface area (Å²) in [4.78, 5) is 14.8. The fourth-order valence-corrected chi connectivity index (χ4v) is 4.22. The molecule has 1 saturated heterocycles. The second kappa shape index (κ2) is 8.53. The molecule has 0 radical (unpaired) electrons. The summed E-state index contributed by atoms with van der Waals surface area (Å²) in [6.07, 6.45) is 4.04. The van der Waals surface area contributed by atoms with E-state index in [2.05, 4.69) is 24.3 Å². The number of carbonyl (C=O) groups is 1. The average molecular weight is 421 g/mol. The SMILES string of the molecule is CN(c1ccc(Cl)c(C(=O)N2CCC(Cc3ccccc3)CC2)c1)S(C)(=O)=O. The van der Waals surface area contributed by atoms with Crippen molar-refractivity contribution in [1.82, 2.24) is 4.90 Å². The first-order chi connectivity index (χ1) is 13.3. The van der Waals surface area contributed by atoms with Crippen molar-refractivity contribution < 1.29 is 13.2 Å². The third-order valence-corrected chi connectivity index (χ3v) is 6.85. The van der Waals surface area contributed by atoms with E-state index >= 15 is 0 Å². The molecule has 0 aromatic heterocycles. The molecule has 1 amide bonds. The monoisotopic (exact) mass is 420 g/mol. The number of benzene rings is 2. The lowest BCUT2D eigenvalue weighted by molar-refractivity contribution is 0.0691. The largest absolute Gasteiger partial charge is 0.339 e. The number of likely N-dealkylation sites (tertiary alicyclic amines) is 1. The van der Waals surface area contributed by atoms with Gasteiger partial charge in [-0.25, -0.2) is 8.42 Å². The van der Waals surface area contributed by atoms with E-state index in [9.17, 15) is 13.2 Å². The molecule has 2 aromatic rings. The van der Waals surface area contributed by atoms with E-state index in [0.717, 1.165) is 29.8 Å². The molecule has 1 aliphatic heterocycles. The quantitative estimate of drug-likeness (QED) is 0.738. The average Bonchev–Trinajstić information content (AvgIpc) is 2.68. The van der Waals surface area contributed by atoms with Crippen LogP contribution >= 0.6 is 11.6 Å². The Kier molecular flexibility index (Phi) is 6.30. The lowest BCUT2D eigenvalue weighted by Gasteiger charge is -2.32. The lowest BCUT2D eigenvalue weighted by atomic mass is 9.90. The first kappa shape index (κ1) is 20.7. The maximum absolute atomic E-state index is 13.0. The van der Waals surface area contributed by atoms with Crippen LogP contribution in [0.5, 0.6) is 0 Å². The molecule has 1 aliphatic rings. The number of rotatable bonds is 5. The van der Waals surface area contributed by atoms with Gasteiger partial charge in [0.25, 0.3) is 5.91 Å². The predicted octanol–water partition coefficient (Wildman–Crippen LogP) is 3.83. The number of carbonyl (C=O) groups excluding carboxylic acids is 1. The van der Waals surface area contributed by atoms with Crippen LogP contribution in [0.25, 0.3) is 0 Å². The molecule has 0 bridgehead atoms. The Hall–Kier alpha value is -2.05. The van der Waals surface area contributed by atoms with Gasteiger partial charge >= 0.3 is 0 Å². The minimum absolute atomic E-state index is 0.146. The highest BCUT2D eigenvalue weighted by Crippen LogP contribution is 2.28. The Morgan fingerprint density at radius 1 is 1.14 bits per heavy atom. The van der Waals surface area contributed by atoms with Gasteiger partial charge in [0, 0.05) is 20.1 Å². The van der Waals surface area contributed by atoms with Crippen molar-refractivity contribution in [3.63, 3.8) is 0 Å². The molecule has 0 aliphatic carbocycles. The summed E-state index contributed by atoms with van der Waals surface area (Å²) in [5, 5.41) is 0.335. The number of anilines is 1. The first-order valence-corrected chi connectivity index (χ1v) is 11.5. The summed E-state index contributed by atoms with van der Waals surface area (Å²) in [7, 11) is -1.95. The summed E-state index contributed by atoms with van der Waals surface area (Å²) < 4.78 is 24.7. The zero-order valence-corrected chi connectivity index (χ0v) is 17.7. The van der Waals surface area contributed by atoms with Crippen LogP contribution in [0.1, 0.15) is 28.8 Å². The normalized spacial score (nSPS) is 15.5. The summed E-state index contributed by atoms with van der Waals surface area (Å²) in [6.45, 7) is 1.36. The van der Waals surface area contributed by atoms with E-state index in [1.165, 1.54) is 12.6 Å². The molecular formula is C21H25ClN2O3S. The van der Waals surface area contributed by atoms with Gasteiger partial charge in [0.1, 0.15) is 0 Å². The van der Waals surface area contributed by atoms with Crippen molar-refractivity contribution in [2.45, 2.75) is 19.3 Å². The van der Waals surface area contributed by atoms with Crippen molar-refractivity contribution in [1.29, 1.82) is 0 Å². The smallest absolute Gasteiger partial charge is 0.255 e. The highest BCUT2D eigenvalue weighted by molar-refractivity contribution is 7.92. The third-order valence-electron chi connectivity index (χ3n) is 5.31. The van der Waals surface area contributed by atoms with Gasteiger partial charge < -0.3 is 4.90 Å². The van der Waals surface area contributed by atoms with Gasteiger partial charge in [-0.3, -0.25) is 9.10 Å². The van der Waals surface area contributed by atoms with Gasteiger partial charge in [0.2, 0.25) is 10.0 Å². The maximum Gasteiger partial charge on any atom is 0.255 e. The van der Waals surface area contributed by atoms with Crippen LogP contribution in [-0.2, 0) is 16.4 Å². The summed E-state index contributed by atoms with van der Waals surface area (Å²) in [6, 6.07) is 15.1. The van der Waals surface area contributed by atoms with Crippen LogP contribution in [0.3, 0.4) is 0 Å². The Bertz CT molecular complexity index is 939. The molecule has 0 N–H and O–H groups in total. The fraction of sp³-hybridized carbons (Fsp3) is 0.381. The van der Waals surface area contributed by atoms with Crippen molar-refractivity contribution in [2.75, 3.05) is 30.7 Å². The molecule has 7 heteroatoms. The van der Waals surface area contributed by atoms with E-state index in [0.29, 0.717) is 35.3 Å². The van der Waals surface area contributed by atoms with Gasteiger partial charge in [0.05, 0.1) is 22.5 Å². The molecule has 0 spiro atoms. The van der Waals surface area contributed by atoms with E-state index < -0.39 is 10.0 Å². The molecule has 2 aromatic carbocycles. The second-order valence-electron chi connectivity index (χ2n) is 7.32. The zero-order valence-electron chi connectivity index (χ0n) is 16.1.